The Morgan fingerprint density at radius 2 is 1.88 bits per heavy atom. The second kappa shape index (κ2) is 9.83. The highest BCUT2D eigenvalue weighted by molar-refractivity contribution is 6.30. The number of anilines is 1. The molecule has 0 spiro atoms. The molecule has 1 aromatic heterocycles. The first-order valence-corrected chi connectivity index (χ1v) is 11.1. The fourth-order valence-corrected chi connectivity index (χ4v) is 4.48. The lowest BCUT2D eigenvalue weighted by atomic mass is 9.86. The van der Waals surface area contributed by atoms with E-state index in [1.807, 2.05) is 13.0 Å². The second-order valence-corrected chi connectivity index (χ2v) is 8.47. The number of ether oxygens (including phenoxy) is 3. The summed E-state index contributed by atoms with van der Waals surface area (Å²) < 4.78 is 17.0. The molecule has 2 aromatic carbocycles. The van der Waals surface area contributed by atoms with E-state index in [2.05, 4.69) is 4.98 Å². The number of carbonyl (C=O) groups excluding carboxylic acids is 2. The number of amides is 1. The summed E-state index contributed by atoms with van der Waals surface area (Å²) in [5.41, 5.74) is 1.46. The fraction of sp³-hybridized carbons (Fsp3) is 0.269. The first-order chi connectivity index (χ1) is 16.4. The number of methoxy groups -OCH3 is 2. The van der Waals surface area contributed by atoms with Crippen molar-refractivity contribution in [1.82, 2.24) is 4.98 Å². The minimum Gasteiger partial charge on any atom is -0.497 e. The Bertz CT molecular complexity index is 1190. The van der Waals surface area contributed by atoms with Crippen LogP contribution in [0.15, 0.2) is 67.0 Å². The molecule has 176 valence electrons. The summed E-state index contributed by atoms with van der Waals surface area (Å²) in [5.74, 6) is -0.0813. The van der Waals surface area contributed by atoms with Gasteiger partial charge in [-0.3, -0.25) is 14.6 Å². The van der Waals surface area contributed by atoms with Gasteiger partial charge < -0.3 is 19.1 Å². The third-order valence-electron chi connectivity index (χ3n) is 6.19. The number of hydrogen-bond donors (Lipinski definition) is 0. The van der Waals surface area contributed by atoms with Gasteiger partial charge in [0.25, 0.3) is 5.91 Å². The van der Waals surface area contributed by atoms with Crippen LogP contribution in [0.1, 0.15) is 34.8 Å². The molecule has 4 rings (SSSR count). The smallest absolute Gasteiger partial charge is 0.309 e. The molecule has 0 saturated heterocycles. The van der Waals surface area contributed by atoms with Gasteiger partial charge in [-0.15, -0.1) is 0 Å². The Kier molecular flexibility index (Phi) is 6.86. The number of halogens is 1. The van der Waals surface area contributed by atoms with Crippen LogP contribution >= 0.6 is 11.6 Å². The monoisotopic (exact) mass is 480 g/mol. The lowest BCUT2D eigenvalue weighted by Crippen LogP contribution is -2.48. The van der Waals surface area contributed by atoms with E-state index in [0.717, 1.165) is 5.56 Å². The molecule has 2 atom stereocenters. The van der Waals surface area contributed by atoms with Crippen molar-refractivity contribution in [3.8, 4) is 5.75 Å². The topological polar surface area (TPSA) is 78.0 Å². The van der Waals surface area contributed by atoms with Crippen LogP contribution in [0.3, 0.4) is 0 Å². The lowest BCUT2D eigenvalue weighted by molar-refractivity contribution is -0.153. The lowest BCUT2D eigenvalue weighted by Gasteiger charge is -2.34. The Labute approximate surface area is 203 Å². The summed E-state index contributed by atoms with van der Waals surface area (Å²) in [6, 6.07) is 15.2. The number of nitrogens with zero attached hydrogens (tertiary/aromatic N) is 2. The molecular weight excluding hydrogens is 456 g/mol. The standard InChI is InChI=1S/C26H25ClN2O5/c1-17-26(33-3,14-24(30)34-16-18-5-4-12-28-15-18)22-13-21(32-2)10-11-23(22)29(17)25(31)19-6-8-20(27)9-7-19/h4-13,15,17H,14,16H2,1-3H3. The largest absolute Gasteiger partial charge is 0.497 e. The van der Waals surface area contributed by atoms with Gasteiger partial charge in [0, 0.05) is 41.2 Å². The van der Waals surface area contributed by atoms with Crippen molar-refractivity contribution in [2.45, 2.75) is 31.6 Å². The number of esters is 1. The van der Waals surface area contributed by atoms with E-state index in [4.69, 9.17) is 25.8 Å². The summed E-state index contributed by atoms with van der Waals surface area (Å²) >= 11 is 6.00. The highest BCUT2D eigenvalue weighted by atomic mass is 35.5. The number of pyridine rings is 1. The predicted octanol–water partition coefficient (Wildman–Crippen LogP) is 4.77. The highest BCUT2D eigenvalue weighted by Gasteiger charge is 2.53. The van der Waals surface area contributed by atoms with E-state index in [-0.39, 0.29) is 18.9 Å². The number of benzene rings is 2. The number of hydrogen-bond acceptors (Lipinski definition) is 6. The van der Waals surface area contributed by atoms with Gasteiger partial charge >= 0.3 is 5.97 Å². The van der Waals surface area contributed by atoms with Gasteiger partial charge in [0.2, 0.25) is 0 Å². The van der Waals surface area contributed by atoms with E-state index >= 15 is 0 Å². The van der Waals surface area contributed by atoms with Crippen molar-refractivity contribution in [1.29, 1.82) is 0 Å². The molecule has 0 fully saturated rings. The molecule has 0 saturated carbocycles. The Hall–Kier alpha value is -3.42. The summed E-state index contributed by atoms with van der Waals surface area (Å²) in [6.45, 7) is 1.96. The summed E-state index contributed by atoms with van der Waals surface area (Å²) in [7, 11) is 3.10. The molecule has 2 unspecified atom stereocenters. The molecule has 0 radical (unpaired) electrons. The Morgan fingerprint density at radius 1 is 1.12 bits per heavy atom. The van der Waals surface area contributed by atoms with Crippen molar-refractivity contribution in [3.05, 3.63) is 88.7 Å². The van der Waals surface area contributed by atoms with Gasteiger partial charge in [-0.1, -0.05) is 17.7 Å². The molecular formula is C26H25ClN2O5. The average molecular weight is 481 g/mol. The Morgan fingerprint density at radius 3 is 2.53 bits per heavy atom. The molecule has 0 bridgehead atoms. The zero-order chi connectivity index (χ0) is 24.3. The van der Waals surface area contributed by atoms with Crippen molar-refractivity contribution < 1.29 is 23.8 Å². The minimum atomic E-state index is -1.13. The van der Waals surface area contributed by atoms with Crippen molar-refractivity contribution in [2.75, 3.05) is 19.1 Å². The van der Waals surface area contributed by atoms with Crippen LogP contribution in [0, 0.1) is 0 Å². The maximum absolute atomic E-state index is 13.6. The quantitative estimate of drug-likeness (QED) is 0.453. The minimum absolute atomic E-state index is 0.0878. The number of rotatable bonds is 7. The molecule has 1 aliphatic rings. The molecule has 7 nitrogen and oxygen atoms in total. The van der Waals surface area contributed by atoms with Crippen LogP contribution in [-0.2, 0) is 26.5 Å². The molecule has 0 aliphatic carbocycles. The number of fused-ring (bicyclic) bond motifs is 1. The maximum Gasteiger partial charge on any atom is 0.309 e. The van der Waals surface area contributed by atoms with Crippen molar-refractivity contribution in [3.63, 3.8) is 0 Å². The molecule has 34 heavy (non-hydrogen) atoms. The van der Waals surface area contributed by atoms with E-state index in [0.29, 0.717) is 27.6 Å². The van der Waals surface area contributed by atoms with Crippen LogP contribution in [0.2, 0.25) is 5.02 Å². The first-order valence-electron chi connectivity index (χ1n) is 10.8. The second-order valence-electron chi connectivity index (χ2n) is 8.03. The van der Waals surface area contributed by atoms with Gasteiger partial charge in [-0.05, 0) is 55.5 Å². The van der Waals surface area contributed by atoms with E-state index in [1.165, 1.54) is 7.11 Å². The third kappa shape index (κ3) is 4.36. The van der Waals surface area contributed by atoms with Crippen molar-refractivity contribution >= 4 is 29.2 Å². The van der Waals surface area contributed by atoms with Crippen LogP contribution in [0.4, 0.5) is 5.69 Å². The van der Waals surface area contributed by atoms with E-state index < -0.39 is 17.6 Å². The summed E-state index contributed by atoms with van der Waals surface area (Å²) in [5, 5.41) is 0.541. The number of aromatic nitrogens is 1. The fourth-order valence-electron chi connectivity index (χ4n) is 4.36. The summed E-state index contributed by atoms with van der Waals surface area (Å²) in [4.78, 5) is 32.2. The van der Waals surface area contributed by atoms with Gasteiger partial charge in [0.05, 0.1) is 25.3 Å². The molecule has 1 amide bonds. The predicted molar refractivity (Wildman–Crippen MR) is 128 cm³/mol. The zero-order valence-electron chi connectivity index (χ0n) is 19.2. The van der Waals surface area contributed by atoms with Gasteiger partial charge in [0.15, 0.2) is 0 Å². The van der Waals surface area contributed by atoms with E-state index in [1.54, 1.807) is 72.9 Å². The van der Waals surface area contributed by atoms with Gasteiger partial charge in [0.1, 0.15) is 18.0 Å². The van der Waals surface area contributed by atoms with Gasteiger partial charge in [-0.2, -0.15) is 0 Å². The maximum atomic E-state index is 13.6. The van der Waals surface area contributed by atoms with Crippen LogP contribution < -0.4 is 9.64 Å². The average Bonchev–Trinajstić information content (AvgIpc) is 3.10. The van der Waals surface area contributed by atoms with Crippen LogP contribution in [-0.4, -0.2) is 37.1 Å². The number of carbonyl (C=O) groups is 2. The first kappa shape index (κ1) is 23.7. The molecule has 8 heteroatoms. The highest BCUT2D eigenvalue weighted by Crippen LogP contribution is 2.50. The Balaban J connectivity index is 1.68. The molecule has 0 N–H and O–H groups in total. The third-order valence-corrected chi connectivity index (χ3v) is 6.44. The molecule has 3 aromatic rings. The van der Waals surface area contributed by atoms with Crippen molar-refractivity contribution in [2.24, 2.45) is 0 Å². The van der Waals surface area contributed by atoms with Crippen LogP contribution in [0.25, 0.3) is 0 Å². The normalized spacial score (nSPS) is 18.9. The molecule has 2 heterocycles. The molecule has 1 aliphatic heterocycles. The van der Waals surface area contributed by atoms with Crippen LogP contribution in [0.5, 0.6) is 5.75 Å². The van der Waals surface area contributed by atoms with E-state index in [9.17, 15) is 9.59 Å². The zero-order valence-corrected chi connectivity index (χ0v) is 19.9. The van der Waals surface area contributed by atoms with Gasteiger partial charge in [-0.25, -0.2) is 0 Å². The summed E-state index contributed by atoms with van der Waals surface area (Å²) in [6.07, 6.45) is 3.21. The SMILES string of the molecule is COc1ccc2c(c1)C(CC(=O)OCc1cccnc1)(OC)C(C)N2C(=O)c1ccc(Cl)cc1.